The molecule has 0 saturated carbocycles. The average molecular weight is 956 g/mol. The third kappa shape index (κ3) is 56.7. The first-order valence-corrected chi connectivity index (χ1v) is 30.5. The van der Waals surface area contributed by atoms with Crippen molar-refractivity contribution >= 4 is 11.9 Å². The van der Waals surface area contributed by atoms with E-state index in [4.69, 9.17) is 14.2 Å². The molecule has 0 bridgehead atoms. The molecule has 0 aliphatic carbocycles. The topological polar surface area (TPSA) is 61.8 Å². The summed E-state index contributed by atoms with van der Waals surface area (Å²) in [6.45, 7) is 7.86. The van der Waals surface area contributed by atoms with E-state index in [1.807, 2.05) is 0 Å². The molecule has 0 radical (unpaired) electrons. The van der Waals surface area contributed by atoms with Crippen LogP contribution in [-0.4, -0.2) is 37.9 Å². The molecule has 0 aliphatic heterocycles. The van der Waals surface area contributed by atoms with Gasteiger partial charge < -0.3 is 14.2 Å². The Kier molecular flexibility index (Phi) is 57.8. The molecular formula is C63H118O5. The van der Waals surface area contributed by atoms with Crippen LogP contribution in [0.5, 0.6) is 0 Å². The highest BCUT2D eigenvalue weighted by molar-refractivity contribution is 5.70. The Morgan fingerprint density at radius 3 is 1.01 bits per heavy atom. The van der Waals surface area contributed by atoms with E-state index in [2.05, 4.69) is 57.2 Å². The van der Waals surface area contributed by atoms with Gasteiger partial charge in [0.1, 0.15) is 6.61 Å². The van der Waals surface area contributed by atoms with E-state index in [1.165, 1.54) is 250 Å². The van der Waals surface area contributed by atoms with Crippen LogP contribution in [0.3, 0.4) is 0 Å². The summed E-state index contributed by atoms with van der Waals surface area (Å²) in [7, 11) is 0. The molecule has 68 heavy (non-hydrogen) atoms. The molecule has 0 aromatic rings. The molecule has 0 saturated heterocycles. The second kappa shape index (κ2) is 59.4. The normalized spacial score (nSPS) is 12.3. The summed E-state index contributed by atoms with van der Waals surface area (Å²) in [5, 5.41) is 0. The lowest BCUT2D eigenvalue weighted by Crippen LogP contribution is -2.30. The first kappa shape index (κ1) is 66.1. The molecule has 0 rings (SSSR count). The number of carbonyl (C=O) groups is 2. The molecule has 1 atom stereocenters. The summed E-state index contributed by atoms with van der Waals surface area (Å²) in [4.78, 5) is 25.6. The molecular weight excluding hydrogens is 837 g/mol. The highest BCUT2D eigenvalue weighted by Gasteiger charge is 2.17. The zero-order valence-electron chi connectivity index (χ0n) is 46.1. The van der Waals surface area contributed by atoms with Crippen molar-refractivity contribution in [1.82, 2.24) is 0 Å². The van der Waals surface area contributed by atoms with E-state index >= 15 is 0 Å². The van der Waals surface area contributed by atoms with E-state index in [0.717, 1.165) is 44.9 Å². The first-order chi connectivity index (χ1) is 33.6. The summed E-state index contributed by atoms with van der Waals surface area (Å²) in [5.41, 5.74) is 0. The Hall–Kier alpha value is -1.88. The quantitative estimate of drug-likeness (QED) is 0.0345. The van der Waals surface area contributed by atoms with Crippen molar-refractivity contribution in [3.63, 3.8) is 0 Å². The van der Waals surface area contributed by atoms with Crippen molar-refractivity contribution < 1.29 is 23.8 Å². The smallest absolute Gasteiger partial charge is 0.306 e. The summed E-state index contributed by atoms with van der Waals surface area (Å²) in [6.07, 6.45) is 73.1. The van der Waals surface area contributed by atoms with Gasteiger partial charge in [-0.3, -0.25) is 9.59 Å². The third-order valence-corrected chi connectivity index (χ3v) is 13.6. The number of esters is 2. The van der Waals surface area contributed by atoms with Gasteiger partial charge in [0.05, 0.1) is 6.61 Å². The van der Waals surface area contributed by atoms with Crippen LogP contribution in [-0.2, 0) is 23.8 Å². The monoisotopic (exact) mass is 955 g/mol. The lowest BCUT2D eigenvalue weighted by molar-refractivity contribution is -0.163. The van der Waals surface area contributed by atoms with E-state index in [0.29, 0.717) is 26.1 Å². The fourth-order valence-electron chi connectivity index (χ4n) is 9.07. The second-order valence-corrected chi connectivity index (χ2v) is 20.6. The van der Waals surface area contributed by atoms with Crippen molar-refractivity contribution in [3.8, 4) is 0 Å². The Morgan fingerprint density at radius 1 is 0.324 bits per heavy atom. The number of allylic oxidation sites excluding steroid dienone is 6. The van der Waals surface area contributed by atoms with Crippen LogP contribution in [0, 0.1) is 0 Å². The minimum Gasteiger partial charge on any atom is -0.462 e. The highest BCUT2D eigenvalue weighted by atomic mass is 16.6. The van der Waals surface area contributed by atoms with Crippen molar-refractivity contribution in [2.24, 2.45) is 0 Å². The van der Waals surface area contributed by atoms with Crippen molar-refractivity contribution in [3.05, 3.63) is 36.5 Å². The fraction of sp³-hybridized carbons (Fsp3) is 0.873. The van der Waals surface area contributed by atoms with Crippen LogP contribution in [0.25, 0.3) is 0 Å². The first-order valence-electron chi connectivity index (χ1n) is 30.5. The Labute approximate surface area is 425 Å². The maximum atomic E-state index is 12.9. The maximum absolute atomic E-state index is 12.9. The van der Waals surface area contributed by atoms with E-state index in [9.17, 15) is 9.59 Å². The predicted octanol–water partition coefficient (Wildman–Crippen LogP) is 20.9. The number of carbonyl (C=O) groups excluding carboxylic acids is 2. The zero-order valence-corrected chi connectivity index (χ0v) is 46.1. The van der Waals surface area contributed by atoms with Crippen molar-refractivity contribution in [1.29, 1.82) is 0 Å². The highest BCUT2D eigenvalue weighted by Crippen LogP contribution is 2.17. The lowest BCUT2D eigenvalue weighted by Gasteiger charge is -2.18. The summed E-state index contributed by atoms with van der Waals surface area (Å²) in [6, 6.07) is 0. The van der Waals surface area contributed by atoms with E-state index < -0.39 is 6.10 Å². The lowest BCUT2D eigenvalue weighted by atomic mass is 10.0. The molecule has 5 heteroatoms. The number of ether oxygens (including phenoxy) is 3. The third-order valence-electron chi connectivity index (χ3n) is 13.6. The van der Waals surface area contributed by atoms with Crippen LogP contribution < -0.4 is 0 Å². The largest absolute Gasteiger partial charge is 0.462 e. The molecule has 0 heterocycles. The van der Waals surface area contributed by atoms with Crippen LogP contribution in [0.2, 0.25) is 0 Å². The van der Waals surface area contributed by atoms with E-state index in [1.54, 1.807) is 0 Å². The van der Waals surface area contributed by atoms with Crippen LogP contribution in [0.1, 0.15) is 329 Å². The number of hydrogen-bond acceptors (Lipinski definition) is 5. The predicted molar refractivity (Wildman–Crippen MR) is 298 cm³/mol. The van der Waals surface area contributed by atoms with Crippen molar-refractivity contribution in [2.45, 2.75) is 335 Å². The molecule has 0 amide bonds. The van der Waals surface area contributed by atoms with Crippen LogP contribution >= 0.6 is 0 Å². The van der Waals surface area contributed by atoms with Crippen LogP contribution in [0.4, 0.5) is 0 Å². The van der Waals surface area contributed by atoms with Gasteiger partial charge in [-0.05, 0) is 77.0 Å². The number of hydrogen-bond donors (Lipinski definition) is 0. The van der Waals surface area contributed by atoms with Gasteiger partial charge in [-0.15, -0.1) is 0 Å². The molecule has 5 nitrogen and oxygen atoms in total. The molecule has 400 valence electrons. The Morgan fingerprint density at radius 2 is 0.618 bits per heavy atom. The SMILES string of the molecule is CCCCC/C=C\C/C=C\CCCCCCCCCC(=O)O[C@H](COCCCCCCCCCCCCCCCCCC)COC(=O)CCCCCCCCCCC/C=C\CCCCCCCC. The molecule has 0 aromatic heterocycles. The van der Waals surface area contributed by atoms with Gasteiger partial charge in [0.2, 0.25) is 0 Å². The second-order valence-electron chi connectivity index (χ2n) is 20.6. The van der Waals surface area contributed by atoms with Gasteiger partial charge in [-0.25, -0.2) is 0 Å². The maximum Gasteiger partial charge on any atom is 0.306 e. The average Bonchev–Trinajstić information content (AvgIpc) is 3.34. The molecule has 0 unspecified atom stereocenters. The fourth-order valence-corrected chi connectivity index (χ4v) is 9.07. The standard InChI is InChI=1S/C63H118O5/c1-4-7-10-13-16-19-22-25-28-31-32-34-35-38-41-44-47-50-53-56-62(64)67-60-61(59-66-58-55-52-49-46-43-40-37-30-27-24-21-18-15-12-9-6-3)68-63(65)57-54-51-48-45-42-39-36-33-29-26-23-20-17-14-11-8-5-2/h17,20,25-26,28-29,61H,4-16,18-19,21-24,27,30-60H2,1-3H3/b20-17-,28-25-,29-26-/t61-/m1/s1. The van der Waals surface area contributed by atoms with Gasteiger partial charge >= 0.3 is 11.9 Å². The molecule has 0 aromatic carbocycles. The summed E-state index contributed by atoms with van der Waals surface area (Å²) in [5.74, 6) is -0.387. The molecule has 0 N–H and O–H groups in total. The van der Waals surface area contributed by atoms with Crippen molar-refractivity contribution in [2.75, 3.05) is 19.8 Å². The van der Waals surface area contributed by atoms with Gasteiger partial charge in [0.25, 0.3) is 0 Å². The van der Waals surface area contributed by atoms with Gasteiger partial charge in [-0.1, -0.05) is 276 Å². The van der Waals surface area contributed by atoms with Gasteiger partial charge in [0, 0.05) is 19.4 Å². The Balaban J connectivity index is 4.24. The Bertz CT molecular complexity index is 1080. The number of rotatable bonds is 57. The molecule has 0 aliphatic rings. The van der Waals surface area contributed by atoms with Gasteiger partial charge in [0.15, 0.2) is 6.10 Å². The summed E-state index contributed by atoms with van der Waals surface area (Å²) < 4.78 is 17.5. The minimum atomic E-state index is -0.537. The van der Waals surface area contributed by atoms with Gasteiger partial charge in [-0.2, -0.15) is 0 Å². The molecule has 0 spiro atoms. The molecule has 0 fully saturated rings. The summed E-state index contributed by atoms with van der Waals surface area (Å²) >= 11 is 0. The van der Waals surface area contributed by atoms with Crippen LogP contribution in [0.15, 0.2) is 36.5 Å². The number of unbranched alkanes of at least 4 members (excludes halogenated alkanes) is 40. The van der Waals surface area contributed by atoms with E-state index in [-0.39, 0.29) is 18.5 Å². The zero-order chi connectivity index (χ0) is 49.2. The minimum absolute atomic E-state index is 0.0867.